The Morgan fingerprint density at radius 1 is 1.21 bits per heavy atom. The van der Waals surface area contributed by atoms with Crippen molar-refractivity contribution in [2.24, 2.45) is 11.7 Å². The number of aromatic hydroxyl groups is 1. The highest BCUT2D eigenvalue weighted by atomic mass is 32.2. The second-order valence-corrected chi connectivity index (χ2v) is 10.7. The van der Waals surface area contributed by atoms with Crippen molar-refractivity contribution in [2.75, 3.05) is 19.6 Å². The summed E-state index contributed by atoms with van der Waals surface area (Å²) in [5.74, 6) is 0.0122. The zero-order valence-electron chi connectivity index (χ0n) is 18.5. The van der Waals surface area contributed by atoms with Crippen molar-refractivity contribution in [1.29, 1.82) is 0 Å². The Hall–Kier alpha value is -2.53. The van der Waals surface area contributed by atoms with Gasteiger partial charge in [0.2, 0.25) is 10.0 Å². The summed E-state index contributed by atoms with van der Waals surface area (Å²) >= 11 is 0. The lowest BCUT2D eigenvalue weighted by molar-refractivity contribution is -0.385. The number of benzene rings is 2. The van der Waals surface area contributed by atoms with Gasteiger partial charge in [-0.2, -0.15) is 0 Å². The van der Waals surface area contributed by atoms with E-state index in [4.69, 9.17) is 10.5 Å². The third-order valence-corrected chi connectivity index (χ3v) is 8.60. The molecule has 0 aliphatic carbocycles. The van der Waals surface area contributed by atoms with E-state index >= 15 is 0 Å². The van der Waals surface area contributed by atoms with Gasteiger partial charge in [-0.3, -0.25) is 10.1 Å². The number of nitrogens with two attached hydrogens (primary N) is 1. The molecule has 3 N–H and O–H groups in total. The number of piperidine rings is 1. The van der Waals surface area contributed by atoms with Gasteiger partial charge in [-0.15, -0.1) is 0 Å². The third kappa shape index (κ3) is 4.74. The largest absolute Gasteiger partial charge is 0.507 e. The lowest BCUT2D eigenvalue weighted by atomic mass is 9.83. The molecule has 2 heterocycles. The molecule has 0 saturated carbocycles. The molecule has 33 heavy (non-hydrogen) atoms. The monoisotopic (exact) mass is 475 g/mol. The van der Waals surface area contributed by atoms with Crippen molar-refractivity contribution in [3.8, 4) is 5.75 Å². The van der Waals surface area contributed by atoms with E-state index in [1.54, 1.807) is 6.07 Å². The van der Waals surface area contributed by atoms with Crippen LogP contribution in [0.3, 0.4) is 0 Å². The number of nitro benzene ring substituents is 1. The summed E-state index contributed by atoms with van der Waals surface area (Å²) in [7, 11) is -3.69. The van der Waals surface area contributed by atoms with Gasteiger partial charge in [0.15, 0.2) is 0 Å². The molecular weight excluding hydrogens is 446 g/mol. The Labute approximate surface area is 193 Å². The van der Waals surface area contributed by atoms with E-state index in [-0.39, 0.29) is 35.1 Å². The minimum absolute atomic E-state index is 0.129. The number of rotatable bonds is 6. The SMILES string of the molecule is Cc1ccc2c(c1O)C[C@@H](C1CCN(S(=O)(=O)Cc3ccccc3[N+](=O)[O-])CC1)O[C@H]2CN. The first-order valence-corrected chi connectivity index (χ1v) is 12.7. The average molecular weight is 476 g/mol. The van der Waals surface area contributed by atoms with Gasteiger partial charge in [-0.1, -0.05) is 30.3 Å². The molecule has 1 saturated heterocycles. The number of nitrogens with zero attached hydrogens (tertiary/aromatic N) is 2. The highest BCUT2D eigenvalue weighted by Crippen LogP contribution is 2.40. The van der Waals surface area contributed by atoms with Crippen LogP contribution in [-0.4, -0.2) is 48.5 Å². The summed E-state index contributed by atoms with van der Waals surface area (Å²) in [5.41, 5.74) is 8.54. The number of para-hydroxylation sites is 1. The van der Waals surface area contributed by atoms with Crippen LogP contribution in [0.4, 0.5) is 5.69 Å². The van der Waals surface area contributed by atoms with E-state index in [0.717, 1.165) is 16.7 Å². The number of fused-ring (bicyclic) bond motifs is 1. The molecule has 2 aromatic carbocycles. The summed E-state index contributed by atoms with van der Waals surface area (Å²) in [5, 5.41) is 21.8. The van der Waals surface area contributed by atoms with Crippen LogP contribution >= 0.6 is 0 Å². The second-order valence-electron chi connectivity index (χ2n) is 8.78. The summed E-state index contributed by atoms with van der Waals surface area (Å²) in [6, 6.07) is 9.75. The van der Waals surface area contributed by atoms with Gasteiger partial charge >= 0.3 is 0 Å². The second kappa shape index (κ2) is 9.38. The fraction of sp³-hybridized carbons (Fsp3) is 0.478. The molecule has 0 spiro atoms. The summed E-state index contributed by atoms with van der Waals surface area (Å²) in [6.07, 6.45) is 1.33. The Morgan fingerprint density at radius 3 is 2.58 bits per heavy atom. The predicted molar refractivity (Wildman–Crippen MR) is 123 cm³/mol. The van der Waals surface area contributed by atoms with E-state index in [1.807, 2.05) is 19.1 Å². The van der Waals surface area contributed by atoms with Crippen LogP contribution < -0.4 is 5.73 Å². The third-order valence-electron chi connectivity index (χ3n) is 6.77. The maximum atomic E-state index is 13.0. The number of phenolic OH excluding ortho intramolecular Hbond substituents is 1. The van der Waals surface area contributed by atoms with E-state index in [1.165, 1.54) is 22.5 Å². The van der Waals surface area contributed by atoms with Crippen molar-refractivity contribution in [3.63, 3.8) is 0 Å². The molecule has 0 amide bonds. The molecule has 1 fully saturated rings. The fourth-order valence-electron chi connectivity index (χ4n) is 4.90. The Morgan fingerprint density at radius 2 is 1.91 bits per heavy atom. The molecule has 178 valence electrons. The van der Waals surface area contributed by atoms with Crippen LogP contribution in [0, 0.1) is 23.0 Å². The maximum Gasteiger partial charge on any atom is 0.273 e. The van der Waals surface area contributed by atoms with Crippen LogP contribution in [0.1, 0.15) is 41.2 Å². The van der Waals surface area contributed by atoms with Crippen LogP contribution in [0.15, 0.2) is 36.4 Å². The molecular formula is C23H29N3O6S. The van der Waals surface area contributed by atoms with Gasteiger partial charge in [0, 0.05) is 43.2 Å². The number of phenols is 1. The summed E-state index contributed by atoms with van der Waals surface area (Å²) in [6.45, 7) is 2.81. The minimum atomic E-state index is -3.69. The molecule has 2 aromatic rings. The Balaban J connectivity index is 1.45. The molecule has 4 rings (SSSR count). The number of nitro groups is 1. The standard InChI is InChI=1S/C23H29N3O6S/c1-15-6-7-18-19(23(15)27)12-21(32-22(18)13-24)16-8-10-25(11-9-16)33(30,31)14-17-4-2-3-5-20(17)26(28)29/h2-7,16,21-22,27H,8-14,24H2,1H3/t21-,22-/m0/s1. The van der Waals surface area contributed by atoms with Gasteiger partial charge in [0.05, 0.1) is 22.9 Å². The first kappa shape index (κ1) is 23.6. The zero-order valence-corrected chi connectivity index (χ0v) is 19.3. The van der Waals surface area contributed by atoms with Crippen molar-refractivity contribution >= 4 is 15.7 Å². The number of ether oxygens (including phenoxy) is 1. The van der Waals surface area contributed by atoms with Gasteiger partial charge in [0.1, 0.15) is 5.75 Å². The maximum absolute atomic E-state index is 13.0. The lowest BCUT2D eigenvalue weighted by Gasteiger charge is -2.40. The number of sulfonamides is 1. The van der Waals surface area contributed by atoms with Crippen LogP contribution in [-0.2, 0) is 26.9 Å². The minimum Gasteiger partial charge on any atom is -0.507 e. The number of hydrogen-bond donors (Lipinski definition) is 2. The molecule has 0 bridgehead atoms. The van der Waals surface area contributed by atoms with Crippen molar-refractivity contribution in [1.82, 2.24) is 4.31 Å². The van der Waals surface area contributed by atoms with Crippen LogP contribution in [0.2, 0.25) is 0 Å². The molecule has 9 nitrogen and oxygen atoms in total. The Kier molecular flexibility index (Phi) is 6.71. The number of aryl methyl sites for hydroxylation is 1. The van der Waals surface area contributed by atoms with Crippen molar-refractivity contribution < 1.29 is 23.2 Å². The number of hydrogen-bond acceptors (Lipinski definition) is 7. The van der Waals surface area contributed by atoms with E-state index in [2.05, 4.69) is 0 Å². The topological polar surface area (TPSA) is 136 Å². The summed E-state index contributed by atoms with van der Waals surface area (Å²) < 4.78 is 33.7. The average Bonchev–Trinajstić information content (AvgIpc) is 2.81. The molecule has 10 heteroatoms. The van der Waals surface area contributed by atoms with Crippen molar-refractivity contribution in [3.05, 3.63) is 68.8 Å². The fourth-order valence-corrected chi connectivity index (χ4v) is 6.49. The molecule has 0 unspecified atom stereocenters. The Bertz CT molecular complexity index is 1140. The van der Waals surface area contributed by atoms with Crippen molar-refractivity contribution in [2.45, 2.75) is 44.1 Å². The van der Waals surface area contributed by atoms with Gasteiger partial charge < -0.3 is 15.6 Å². The van der Waals surface area contributed by atoms with E-state index < -0.39 is 20.7 Å². The molecule has 2 atom stereocenters. The highest BCUT2D eigenvalue weighted by molar-refractivity contribution is 7.88. The van der Waals surface area contributed by atoms with Gasteiger partial charge in [-0.25, -0.2) is 12.7 Å². The molecule has 0 radical (unpaired) electrons. The quantitative estimate of drug-likeness (QED) is 0.484. The van der Waals surface area contributed by atoms with E-state index in [0.29, 0.717) is 38.9 Å². The first-order valence-electron chi connectivity index (χ1n) is 11.1. The lowest BCUT2D eigenvalue weighted by Crippen LogP contribution is -2.44. The normalized spacial score (nSPS) is 22.1. The van der Waals surface area contributed by atoms with Gasteiger partial charge in [0.25, 0.3) is 5.69 Å². The smallest absolute Gasteiger partial charge is 0.273 e. The highest BCUT2D eigenvalue weighted by Gasteiger charge is 2.37. The molecule has 2 aliphatic heterocycles. The zero-order chi connectivity index (χ0) is 23.8. The van der Waals surface area contributed by atoms with Crippen LogP contribution in [0.5, 0.6) is 5.75 Å². The molecule has 2 aliphatic rings. The first-order chi connectivity index (χ1) is 15.7. The summed E-state index contributed by atoms with van der Waals surface area (Å²) in [4.78, 5) is 10.7. The molecule has 0 aromatic heterocycles. The van der Waals surface area contributed by atoms with Gasteiger partial charge in [-0.05, 0) is 36.8 Å². The van der Waals surface area contributed by atoms with E-state index in [9.17, 15) is 23.6 Å². The van der Waals surface area contributed by atoms with Crippen LogP contribution in [0.25, 0.3) is 0 Å². The predicted octanol–water partition coefficient (Wildman–Crippen LogP) is 2.79.